The fourth-order valence-corrected chi connectivity index (χ4v) is 3.36. The zero-order chi connectivity index (χ0) is 21.9. The number of nitrogens with one attached hydrogen (secondary N) is 2. The summed E-state index contributed by atoms with van der Waals surface area (Å²) in [4.78, 5) is 26.0. The number of hydrogen-bond acceptors (Lipinski definition) is 6. The van der Waals surface area contributed by atoms with Crippen molar-refractivity contribution in [1.82, 2.24) is 19.4 Å². The van der Waals surface area contributed by atoms with Crippen molar-refractivity contribution in [2.75, 3.05) is 16.4 Å². The SMILES string of the molecule is Nc1ccccc1NC(=O)c1cccc(Nc2nccc(-c3cnc4ccccn34)n2)c1. The molecule has 0 saturated heterocycles. The minimum absolute atomic E-state index is 0.257. The van der Waals surface area contributed by atoms with E-state index in [-0.39, 0.29) is 5.91 Å². The van der Waals surface area contributed by atoms with Gasteiger partial charge in [-0.05, 0) is 48.5 Å². The van der Waals surface area contributed by atoms with Crippen molar-refractivity contribution in [3.63, 3.8) is 0 Å². The first-order valence-electron chi connectivity index (χ1n) is 9.96. The predicted molar refractivity (Wildman–Crippen MR) is 125 cm³/mol. The molecule has 4 N–H and O–H groups in total. The molecule has 0 aliphatic carbocycles. The van der Waals surface area contributed by atoms with Crippen LogP contribution in [0.25, 0.3) is 17.0 Å². The van der Waals surface area contributed by atoms with Crippen LogP contribution in [-0.4, -0.2) is 25.3 Å². The van der Waals surface area contributed by atoms with Gasteiger partial charge >= 0.3 is 0 Å². The largest absolute Gasteiger partial charge is 0.397 e. The lowest BCUT2D eigenvalue weighted by Gasteiger charge is -2.10. The van der Waals surface area contributed by atoms with Gasteiger partial charge in [0.1, 0.15) is 5.65 Å². The smallest absolute Gasteiger partial charge is 0.255 e. The summed E-state index contributed by atoms with van der Waals surface area (Å²) in [5, 5.41) is 6.00. The Hall–Kier alpha value is -4.72. The number of nitrogens with zero attached hydrogens (tertiary/aromatic N) is 4. The van der Waals surface area contributed by atoms with Crippen molar-refractivity contribution in [1.29, 1.82) is 0 Å². The first kappa shape index (κ1) is 19.3. The first-order valence-corrected chi connectivity index (χ1v) is 9.96. The van der Waals surface area contributed by atoms with Gasteiger partial charge < -0.3 is 16.4 Å². The summed E-state index contributed by atoms with van der Waals surface area (Å²) in [6, 6.07) is 21.9. The molecule has 32 heavy (non-hydrogen) atoms. The third-order valence-electron chi connectivity index (χ3n) is 4.92. The van der Waals surface area contributed by atoms with Gasteiger partial charge in [0.25, 0.3) is 5.91 Å². The van der Waals surface area contributed by atoms with Gasteiger partial charge in [-0.3, -0.25) is 9.20 Å². The second-order valence-electron chi connectivity index (χ2n) is 7.08. The Balaban J connectivity index is 1.38. The number of imidazole rings is 1. The van der Waals surface area contributed by atoms with E-state index in [1.807, 2.05) is 53.1 Å². The van der Waals surface area contributed by atoms with Crippen LogP contribution in [0, 0.1) is 0 Å². The highest BCUT2D eigenvalue weighted by Gasteiger charge is 2.11. The fraction of sp³-hybridized carbons (Fsp3) is 0. The number of nitrogen functional groups attached to an aromatic ring is 1. The van der Waals surface area contributed by atoms with Crippen LogP contribution >= 0.6 is 0 Å². The molecule has 0 fully saturated rings. The molecule has 156 valence electrons. The molecule has 0 spiro atoms. The zero-order valence-electron chi connectivity index (χ0n) is 16.9. The fourth-order valence-electron chi connectivity index (χ4n) is 3.36. The summed E-state index contributed by atoms with van der Waals surface area (Å²) in [6.07, 6.45) is 5.40. The third kappa shape index (κ3) is 3.84. The summed E-state index contributed by atoms with van der Waals surface area (Å²) < 4.78 is 1.96. The van der Waals surface area contributed by atoms with Crippen molar-refractivity contribution >= 4 is 34.6 Å². The van der Waals surface area contributed by atoms with Crippen molar-refractivity contribution < 1.29 is 4.79 Å². The average Bonchev–Trinajstić information content (AvgIpc) is 3.25. The Bertz CT molecular complexity index is 1430. The molecule has 8 heteroatoms. The van der Waals surface area contributed by atoms with E-state index < -0.39 is 0 Å². The van der Waals surface area contributed by atoms with Crippen molar-refractivity contribution in [3.8, 4) is 11.4 Å². The van der Waals surface area contributed by atoms with Gasteiger partial charge in [0.05, 0.1) is 29.0 Å². The van der Waals surface area contributed by atoms with Crippen LogP contribution in [0.5, 0.6) is 0 Å². The molecule has 0 aliphatic heterocycles. The highest BCUT2D eigenvalue weighted by molar-refractivity contribution is 6.06. The molecule has 0 unspecified atom stereocenters. The van der Waals surface area contributed by atoms with Crippen LogP contribution in [-0.2, 0) is 0 Å². The molecule has 3 aromatic heterocycles. The van der Waals surface area contributed by atoms with Gasteiger partial charge in [0, 0.05) is 23.6 Å². The zero-order valence-corrected chi connectivity index (χ0v) is 16.9. The minimum atomic E-state index is -0.257. The number of para-hydroxylation sites is 2. The van der Waals surface area contributed by atoms with Gasteiger partial charge in [-0.25, -0.2) is 15.0 Å². The average molecular weight is 421 g/mol. The number of fused-ring (bicyclic) bond motifs is 1. The van der Waals surface area contributed by atoms with E-state index in [1.54, 1.807) is 42.7 Å². The Labute approximate surface area is 183 Å². The van der Waals surface area contributed by atoms with Crippen LogP contribution in [0.3, 0.4) is 0 Å². The highest BCUT2D eigenvalue weighted by Crippen LogP contribution is 2.22. The molecule has 0 bridgehead atoms. The van der Waals surface area contributed by atoms with Crippen molar-refractivity contribution in [2.45, 2.75) is 0 Å². The molecule has 2 aromatic carbocycles. The first-order chi connectivity index (χ1) is 15.7. The van der Waals surface area contributed by atoms with Crippen molar-refractivity contribution in [2.24, 2.45) is 0 Å². The van der Waals surface area contributed by atoms with Gasteiger partial charge in [-0.2, -0.15) is 0 Å². The van der Waals surface area contributed by atoms with E-state index in [0.29, 0.717) is 28.6 Å². The molecular formula is C24H19N7O. The molecule has 8 nitrogen and oxygen atoms in total. The Morgan fingerprint density at radius 1 is 0.938 bits per heavy atom. The van der Waals surface area contributed by atoms with Crippen LogP contribution in [0.4, 0.5) is 23.0 Å². The molecule has 0 aliphatic rings. The minimum Gasteiger partial charge on any atom is -0.397 e. The van der Waals surface area contributed by atoms with E-state index in [4.69, 9.17) is 5.73 Å². The second-order valence-corrected chi connectivity index (χ2v) is 7.08. The van der Waals surface area contributed by atoms with Crippen LogP contribution in [0.15, 0.2) is 91.4 Å². The standard InChI is InChI=1S/C24H19N7O/c25-18-8-1-2-9-19(18)29-23(32)16-6-5-7-17(14-16)28-24-26-12-11-20(30-24)21-15-27-22-10-3-4-13-31(21)22/h1-15H,25H2,(H,29,32)(H,26,28,30). The molecule has 0 saturated carbocycles. The number of anilines is 4. The van der Waals surface area contributed by atoms with E-state index in [9.17, 15) is 4.79 Å². The molecular weight excluding hydrogens is 402 g/mol. The summed E-state index contributed by atoms with van der Waals surface area (Å²) in [6.45, 7) is 0. The van der Waals surface area contributed by atoms with Gasteiger partial charge in [0.2, 0.25) is 5.95 Å². The van der Waals surface area contributed by atoms with Gasteiger partial charge in [0.15, 0.2) is 0 Å². The Kier molecular flexibility index (Phi) is 4.93. The monoisotopic (exact) mass is 421 g/mol. The van der Waals surface area contributed by atoms with E-state index >= 15 is 0 Å². The van der Waals surface area contributed by atoms with Gasteiger partial charge in [-0.15, -0.1) is 0 Å². The van der Waals surface area contributed by atoms with Crippen LogP contribution in [0.1, 0.15) is 10.4 Å². The predicted octanol–water partition coefficient (Wildman–Crippen LogP) is 4.37. The van der Waals surface area contributed by atoms with E-state index in [1.165, 1.54) is 0 Å². The van der Waals surface area contributed by atoms with Crippen LogP contribution in [0.2, 0.25) is 0 Å². The number of rotatable bonds is 5. The molecule has 0 radical (unpaired) electrons. The number of pyridine rings is 1. The molecule has 5 rings (SSSR count). The van der Waals surface area contributed by atoms with E-state index in [0.717, 1.165) is 17.0 Å². The summed E-state index contributed by atoms with van der Waals surface area (Å²) in [5.74, 6) is 0.158. The number of amides is 1. The summed E-state index contributed by atoms with van der Waals surface area (Å²) >= 11 is 0. The maximum atomic E-state index is 12.7. The quantitative estimate of drug-likeness (QED) is 0.364. The normalized spacial score (nSPS) is 10.8. The number of carbonyl (C=O) groups is 1. The number of carbonyl (C=O) groups excluding carboxylic acids is 1. The number of aromatic nitrogens is 4. The highest BCUT2D eigenvalue weighted by atomic mass is 16.1. The van der Waals surface area contributed by atoms with Crippen molar-refractivity contribution in [3.05, 3.63) is 97.0 Å². The van der Waals surface area contributed by atoms with Gasteiger partial charge in [-0.1, -0.05) is 24.3 Å². The molecule has 1 amide bonds. The number of benzene rings is 2. The lowest BCUT2D eigenvalue weighted by Crippen LogP contribution is -2.13. The summed E-state index contributed by atoms with van der Waals surface area (Å²) in [7, 11) is 0. The third-order valence-corrected chi connectivity index (χ3v) is 4.92. The second kappa shape index (κ2) is 8.19. The number of nitrogens with two attached hydrogens (primary N) is 1. The van der Waals surface area contributed by atoms with E-state index in [2.05, 4.69) is 25.6 Å². The lowest BCUT2D eigenvalue weighted by atomic mass is 10.1. The molecule has 5 aromatic rings. The Morgan fingerprint density at radius 3 is 2.72 bits per heavy atom. The maximum Gasteiger partial charge on any atom is 0.255 e. The van der Waals surface area contributed by atoms with Crippen LogP contribution < -0.4 is 16.4 Å². The summed E-state index contributed by atoms with van der Waals surface area (Å²) in [5.41, 5.74) is 10.6. The molecule has 3 heterocycles. The molecule has 0 atom stereocenters. The number of hydrogen-bond donors (Lipinski definition) is 3. The maximum absolute atomic E-state index is 12.7. The lowest BCUT2D eigenvalue weighted by molar-refractivity contribution is 0.102. The topological polar surface area (TPSA) is 110 Å². The Morgan fingerprint density at radius 2 is 1.81 bits per heavy atom.